The first-order valence-corrected chi connectivity index (χ1v) is 23.2. The first-order valence-electron chi connectivity index (χ1n) is 22.8. The summed E-state index contributed by atoms with van der Waals surface area (Å²) in [5, 5.41) is 38.3. The summed E-state index contributed by atoms with van der Waals surface area (Å²) in [5.74, 6) is -0.835. The van der Waals surface area contributed by atoms with Crippen LogP contribution >= 0.6 is 11.6 Å². The summed E-state index contributed by atoms with van der Waals surface area (Å²) in [5.41, 5.74) is 2.07. The lowest BCUT2D eigenvalue weighted by Crippen LogP contribution is -2.53. The van der Waals surface area contributed by atoms with E-state index in [4.69, 9.17) is 20.8 Å². The fraction of sp³-hybridized carbons (Fsp3) is 0.364. The van der Waals surface area contributed by atoms with E-state index in [-0.39, 0.29) is 47.7 Å². The molecular formula is C55H57ClF3NO6. The first kappa shape index (κ1) is 47.4. The Hall–Kier alpha value is -5.07. The highest BCUT2D eigenvalue weighted by molar-refractivity contribution is 6.33. The summed E-state index contributed by atoms with van der Waals surface area (Å²) in [7, 11) is 0. The zero-order valence-corrected chi connectivity index (χ0v) is 38.1. The average molecular weight is 921 g/mol. The maximum Gasteiger partial charge on any atom is 0.416 e. The number of halogens is 4. The van der Waals surface area contributed by atoms with Crippen molar-refractivity contribution >= 4 is 28.2 Å². The molecule has 5 atom stereocenters. The van der Waals surface area contributed by atoms with Gasteiger partial charge in [-0.2, -0.15) is 13.2 Å². The predicted octanol–water partition coefficient (Wildman–Crippen LogP) is 12.1. The van der Waals surface area contributed by atoms with Crippen LogP contribution in [0.5, 0.6) is 0 Å². The van der Waals surface area contributed by atoms with Crippen LogP contribution in [0, 0.1) is 5.41 Å². The third-order valence-electron chi connectivity index (χ3n) is 14.0. The maximum atomic E-state index is 14.8. The summed E-state index contributed by atoms with van der Waals surface area (Å²) in [6.45, 7) is 5.56. The number of carbonyl (C=O) groups is 1. The molecule has 66 heavy (non-hydrogen) atoms. The van der Waals surface area contributed by atoms with Crippen LogP contribution in [-0.4, -0.2) is 63.5 Å². The highest BCUT2D eigenvalue weighted by atomic mass is 35.5. The number of allylic oxidation sites excluding steroid dienone is 2. The third-order valence-corrected chi connectivity index (χ3v) is 14.3. The molecule has 7 nitrogen and oxygen atoms in total. The smallest absolute Gasteiger partial charge is 0.416 e. The number of ether oxygens (including phenoxy) is 1. The number of aliphatic hydroxyl groups excluding tert-OH is 2. The second kappa shape index (κ2) is 20.0. The summed E-state index contributed by atoms with van der Waals surface area (Å²) in [4.78, 5) is 17.0. The molecule has 2 bridgehead atoms. The van der Waals surface area contributed by atoms with Crippen molar-refractivity contribution in [1.82, 2.24) is 4.90 Å². The van der Waals surface area contributed by atoms with Crippen molar-refractivity contribution in [2.24, 2.45) is 5.41 Å². The summed E-state index contributed by atoms with van der Waals surface area (Å²) in [6, 6.07) is 35.7. The van der Waals surface area contributed by atoms with E-state index in [0.29, 0.717) is 63.7 Å². The van der Waals surface area contributed by atoms with E-state index in [1.807, 2.05) is 60.7 Å². The average Bonchev–Trinajstić information content (AvgIpc) is 3.88. The molecule has 0 aliphatic heterocycles. The second-order valence-corrected chi connectivity index (χ2v) is 19.0. The summed E-state index contributed by atoms with van der Waals surface area (Å²) < 4.78 is 53.2. The number of alkyl halides is 3. The molecule has 9 rings (SSSR count). The minimum Gasteiger partial charge on any atom is -0.453 e. The van der Waals surface area contributed by atoms with E-state index in [1.165, 1.54) is 12.1 Å². The van der Waals surface area contributed by atoms with Gasteiger partial charge in [0, 0.05) is 36.2 Å². The normalized spacial score (nSPS) is 22.0. The van der Waals surface area contributed by atoms with Crippen molar-refractivity contribution in [3.05, 3.63) is 177 Å². The molecule has 3 aliphatic carbocycles. The second-order valence-electron chi connectivity index (χ2n) is 18.6. The highest BCUT2D eigenvalue weighted by Gasteiger charge is 2.57. The molecule has 11 heteroatoms. The molecule has 0 amide bonds. The van der Waals surface area contributed by atoms with E-state index in [9.17, 15) is 33.3 Å². The van der Waals surface area contributed by atoms with Gasteiger partial charge >= 0.3 is 6.18 Å². The van der Waals surface area contributed by atoms with Crippen LogP contribution in [0.15, 0.2) is 137 Å². The Labute approximate surface area is 389 Å². The molecule has 0 unspecified atom stereocenters. The van der Waals surface area contributed by atoms with E-state index in [2.05, 4.69) is 49.1 Å². The molecule has 0 spiro atoms. The van der Waals surface area contributed by atoms with Gasteiger partial charge in [-0.15, -0.1) is 0 Å². The van der Waals surface area contributed by atoms with Crippen molar-refractivity contribution in [1.29, 1.82) is 0 Å². The molecule has 6 aromatic rings. The molecule has 5 aromatic carbocycles. The number of nitrogens with zero attached hydrogens (tertiary/aromatic N) is 1. The predicted molar refractivity (Wildman–Crippen MR) is 252 cm³/mol. The number of rotatable bonds is 13. The SMILES string of the molecule is CC1=CCC[C@@]2(C)[C@@H](CC[C@@]2(O)CN(Cc2cccc3ccccc23)C[C@@H](O)COCc2ccccc2)c2ccc(cc2C(=O)c2ccc(-c3cc(C(F)(F)F)ccc3Cl)o2)C[C@@H](O)CC1. The van der Waals surface area contributed by atoms with Crippen LogP contribution in [0.25, 0.3) is 22.1 Å². The number of hydrogen-bond donors (Lipinski definition) is 3. The molecule has 3 N–H and O–H groups in total. The summed E-state index contributed by atoms with van der Waals surface area (Å²) >= 11 is 6.39. The zero-order chi connectivity index (χ0) is 46.6. The van der Waals surface area contributed by atoms with Gasteiger partial charge in [0.1, 0.15) is 5.76 Å². The quantitative estimate of drug-likeness (QED) is 0.0783. The molecule has 1 heterocycles. The molecule has 1 saturated carbocycles. The Balaban J connectivity index is 1.15. The third kappa shape index (κ3) is 10.5. The van der Waals surface area contributed by atoms with Crippen LogP contribution in [-0.2, 0) is 30.5 Å². The van der Waals surface area contributed by atoms with Crippen molar-refractivity contribution < 1.29 is 42.4 Å². The largest absolute Gasteiger partial charge is 0.453 e. The first-order chi connectivity index (χ1) is 31.6. The van der Waals surface area contributed by atoms with Crippen LogP contribution < -0.4 is 0 Å². The number of ketones is 1. The van der Waals surface area contributed by atoms with Gasteiger partial charge in [0.2, 0.25) is 5.78 Å². The molecule has 0 radical (unpaired) electrons. The lowest BCUT2D eigenvalue weighted by atomic mass is 9.64. The lowest BCUT2D eigenvalue weighted by molar-refractivity contribution is -0.137. The number of aliphatic hydroxyl groups is 3. The standard InChI is InChI=1S/C55H57ClF3NO6/c1-36-10-9-26-53(2)48(25-27-54(53,64)35-60(31-40-15-8-14-39-13-6-7-16-44(39)40)32-43(62)34-65-33-37-11-4-3-5-12-37)45-21-18-38(28-42(61)20-17-36)29-46(45)52(63)51-24-23-50(66-51)47-30-41(55(57,58)59)19-22-49(47)56/h3-8,10-16,18-19,21-24,29-30,42-43,48,61-62,64H,9,17,20,25-28,31-35H2,1-2H3/t42-,43+,48-,53-,54+/m0/s1. The molecular weight excluding hydrogens is 863 g/mol. The van der Waals surface area contributed by atoms with E-state index >= 15 is 0 Å². The monoisotopic (exact) mass is 919 g/mol. The minimum atomic E-state index is -4.61. The minimum absolute atomic E-state index is 0.00908. The molecule has 0 saturated heterocycles. The zero-order valence-electron chi connectivity index (χ0n) is 37.4. The molecule has 346 valence electrons. The van der Waals surface area contributed by atoms with Gasteiger partial charge < -0.3 is 24.5 Å². The molecule has 3 aliphatic rings. The van der Waals surface area contributed by atoms with Gasteiger partial charge in [-0.05, 0) is 127 Å². The van der Waals surface area contributed by atoms with E-state index < -0.39 is 40.7 Å². The summed E-state index contributed by atoms with van der Waals surface area (Å²) in [6.07, 6.45) is -0.226. The number of hydrogen-bond acceptors (Lipinski definition) is 7. The molecule has 1 aromatic heterocycles. The van der Waals surface area contributed by atoms with Crippen molar-refractivity contribution in [3.63, 3.8) is 0 Å². The van der Waals surface area contributed by atoms with Gasteiger partial charge in [0.25, 0.3) is 0 Å². The highest BCUT2D eigenvalue weighted by Crippen LogP contribution is 2.59. The topological polar surface area (TPSA) is 103 Å². The van der Waals surface area contributed by atoms with Crippen LogP contribution in [0.2, 0.25) is 5.02 Å². The Morgan fingerprint density at radius 2 is 1.71 bits per heavy atom. The number of fused-ring (bicyclic) bond motifs is 9. The maximum absolute atomic E-state index is 14.8. The number of carbonyl (C=O) groups excluding carboxylic acids is 1. The number of furan rings is 1. The van der Waals surface area contributed by atoms with E-state index in [1.54, 1.807) is 6.07 Å². The van der Waals surface area contributed by atoms with Crippen LogP contribution in [0.3, 0.4) is 0 Å². The Kier molecular flexibility index (Phi) is 14.4. The Morgan fingerprint density at radius 1 is 0.939 bits per heavy atom. The fourth-order valence-electron chi connectivity index (χ4n) is 10.3. The van der Waals surface area contributed by atoms with Gasteiger partial charge in [0.05, 0.1) is 41.6 Å². The van der Waals surface area contributed by atoms with Gasteiger partial charge in [-0.1, -0.05) is 115 Å². The Morgan fingerprint density at radius 3 is 2.52 bits per heavy atom. The Bertz CT molecular complexity index is 2680. The molecule has 1 fully saturated rings. The number of benzene rings is 5. The van der Waals surface area contributed by atoms with E-state index in [0.717, 1.165) is 56.8 Å². The fourth-order valence-corrected chi connectivity index (χ4v) is 10.5. The van der Waals surface area contributed by atoms with Gasteiger partial charge in [-0.25, -0.2) is 0 Å². The van der Waals surface area contributed by atoms with Gasteiger partial charge in [-0.3, -0.25) is 9.69 Å². The van der Waals surface area contributed by atoms with Crippen molar-refractivity contribution in [2.45, 2.75) is 102 Å². The van der Waals surface area contributed by atoms with Crippen molar-refractivity contribution in [3.8, 4) is 11.3 Å². The van der Waals surface area contributed by atoms with Crippen LogP contribution in [0.4, 0.5) is 13.2 Å². The van der Waals surface area contributed by atoms with Gasteiger partial charge in [0.15, 0.2) is 5.76 Å². The van der Waals surface area contributed by atoms with Crippen LogP contribution in [0.1, 0.15) is 102 Å². The van der Waals surface area contributed by atoms with Crippen molar-refractivity contribution in [2.75, 3.05) is 19.7 Å². The lowest BCUT2D eigenvalue weighted by Gasteiger charge is -2.46.